The molecule has 29 heavy (non-hydrogen) atoms. The standard InChI is InChI=1S/C22H23F2N3O2/c1-2-20(28)27-19-13-16(24)12-18(21(19)25-22(27)29)26-10-4-3-5-17(26)11-14-6-8-15(23)9-7-14/h6-9,12-13,17H,2-5,10-11H2,1H3,(H,25,29). The molecule has 2 aromatic carbocycles. The number of aromatic amines is 1. The molecule has 1 aromatic heterocycles. The molecule has 4 rings (SSSR count). The summed E-state index contributed by atoms with van der Waals surface area (Å²) in [6, 6.07) is 9.15. The van der Waals surface area contributed by atoms with Crippen LogP contribution in [-0.2, 0) is 6.42 Å². The lowest BCUT2D eigenvalue weighted by atomic mass is 9.94. The third kappa shape index (κ3) is 3.69. The van der Waals surface area contributed by atoms with Crippen LogP contribution in [0.2, 0.25) is 0 Å². The number of hydrogen-bond donors (Lipinski definition) is 1. The summed E-state index contributed by atoms with van der Waals surface area (Å²) in [6.45, 7) is 2.39. The van der Waals surface area contributed by atoms with Crippen molar-refractivity contribution >= 4 is 22.6 Å². The van der Waals surface area contributed by atoms with Crippen LogP contribution < -0.4 is 10.6 Å². The Labute approximate surface area is 167 Å². The van der Waals surface area contributed by atoms with Gasteiger partial charge in [-0.3, -0.25) is 4.79 Å². The Balaban J connectivity index is 1.78. The number of nitrogens with zero attached hydrogens (tertiary/aromatic N) is 2. The zero-order chi connectivity index (χ0) is 20.5. The molecule has 1 fully saturated rings. The Morgan fingerprint density at radius 3 is 2.62 bits per heavy atom. The van der Waals surface area contributed by atoms with Crippen LogP contribution in [0.5, 0.6) is 0 Å². The maximum absolute atomic E-state index is 14.5. The molecule has 2 heterocycles. The van der Waals surface area contributed by atoms with E-state index in [4.69, 9.17) is 0 Å². The molecule has 1 N–H and O–H groups in total. The van der Waals surface area contributed by atoms with Gasteiger partial charge in [-0.1, -0.05) is 19.1 Å². The van der Waals surface area contributed by atoms with Gasteiger partial charge in [-0.15, -0.1) is 0 Å². The van der Waals surface area contributed by atoms with Gasteiger partial charge < -0.3 is 9.88 Å². The molecule has 1 atom stereocenters. The average molecular weight is 399 g/mol. The predicted octanol–water partition coefficient (Wildman–Crippen LogP) is 4.26. The number of imidazole rings is 1. The molecule has 0 radical (unpaired) electrons. The highest BCUT2D eigenvalue weighted by molar-refractivity contribution is 5.96. The van der Waals surface area contributed by atoms with Crippen molar-refractivity contribution in [2.24, 2.45) is 0 Å². The number of hydrogen-bond acceptors (Lipinski definition) is 3. The molecule has 0 amide bonds. The minimum Gasteiger partial charge on any atom is -0.366 e. The third-order valence-corrected chi connectivity index (χ3v) is 5.61. The van der Waals surface area contributed by atoms with Gasteiger partial charge in [0.05, 0.1) is 16.7 Å². The Bertz CT molecular complexity index is 1100. The number of rotatable bonds is 4. The van der Waals surface area contributed by atoms with E-state index in [9.17, 15) is 18.4 Å². The number of benzene rings is 2. The molecule has 0 bridgehead atoms. The van der Waals surface area contributed by atoms with Crippen LogP contribution in [0.15, 0.2) is 41.2 Å². The molecule has 1 saturated heterocycles. The molecule has 7 heteroatoms. The fraction of sp³-hybridized carbons (Fsp3) is 0.364. The predicted molar refractivity (Wildman–Crippen MR) is 109 cm³/mol. The van der Waals surface area contributed by atoms with Gasteiger partial charge >= 0.3 is 5.69 Å². The molecular weight excluding hydrogens is 376 g/mol. The van der Waals surface area contributed by atoms with E-state index in [1.165, 1.54) is 24.3 Å². The highest BCUT2D eigenvalue weighted by Gasteiger charge is 2.27. The molecule has 0 aliphatic carbocycles. The molecule has 152 valence electrons. The maximum atomic E-state index is 14.5. The minimum absolute atomic E-state index is 0.0907. The van der Waals surface area contributed by atoms with Gasteiger partial charge in [0.2, 0.25) is 5.91 Å². The van der Waals surface area contributed by atoms with E-state index in [1.54, 1.807) is 19.1 Å². The van der Waals surface area contributed by atoms with Crippen molar-refractivity contribution in [3.63, 3.8) is 0 Å². The van der Waals surface area contributed by atoms with Gasteiger partial charge in [-0.05, 0) is 49.4 Å². The van der Waals surface area contributed by atoms with E-state index in [0.29, 0.717) is 17.6 Å². The highest BCUT2D eigenvalue weighted by atomic mass is 19.1. The summed E-state index contributed by atoms with van der Waals surface area (Å²) in [5.74, 6) is -1.14. The SMILES string of the molecule is CCC(=O)n1c(=O)[nH]c2c(N3CCCCC3Cc3ccc(F)cc3)cc(F)cc21. The molecule has 0 saturated carbocycles. The van der Waals surface area contributed by atoms with Crippen molar-refractivity contribution in [1.82, 2.24) is 9.55 Å². The minimum atomic E-state index is -0.550. The van der Waals surface area contributed by atoms with Gasteiger partial charge in [0, 0.05) is 25.1 Å². The molecule has 1 aliphatic heterocycles. The number of halogens is 2. The summed E-state index contributed by atoms with van der Waals surface area (Å²) in [5, 5.41) is 0. The van der Waals surface area contributed by atoms with Crippen molar-refractivity contribution in [3.05, 3.63) is 64.1 Å². The normalized spacial score (nSPS) is 17.1. The van der Waals surface area contributed by atoms with Crippen LogP contribution in [0.3, 0.4) is 0 Å². The Morgan fingerprint density at radius 1 is 1.14 bits per heavy atom. The third-order valence-electron chi connectivity index (χ3n) is 5.61. The van der Waals surface area contributed by atoms with Crippen molar-refractivity contribution in [2.75, 3.05) is 11.4 Å². The van der Waals surface area contributed by atoms with Gasteiger partial charge in [0.25, 0.3) is 0 Å². The number of carbonyl (C=O) groups is 1. The first kappa shape index (κ1) is 19.4. The van der Waals surface area contributed by atoms with E-state index in [-0.39, 0.29) is 29.7 Å². The summed E-state index contributed by atoms with van der Waals surface area (Å²) in [7, 11) is 0. The Morgan fingerprint density at radius 2 is 1.90 bits per heavy atom. The van der Waals surface area contributed by atoms with Gasteiger partial charge in [0.1, 0.15) is 11.6 Å². The second-order valence-corrected chi connectivity index (χ2v) is 7.51. The number of anilines is 1. The van der Waals surface area contributed by atoms with Crippen LogP contribution in [-0.4, -0.2) is 28.0 Å². The summed E-state index contributed by atoms with van der Waals surface area (Å²) in [6.07, 6.45) is 3.75. The van der Waals surface area contributed by atoms with Gasteiger partial charge in [-0.25, -0.2) is 18.1 Å². The number of fused-ring (bicyclic) bond motifs is 1. The van der Waals surface area contributed by atoms with Crippen molar-refractivity contribution in [2.45, 2.75) is 45.1 Å². The summed E-state index contributed by atoms with van der Waals surface area (Å²) >= 11 is 0. The van der Waals surface area contributed by atoms with Crippen molar-refractivity contribution in [3.8, 4) is 0 Å². The molecule has 1 aliphatic rings. The van der Waals surface area contributed by atoms with Crippen LogP contribution in [0.4, 0.5) is 14.5 Å². The second-order valence-electron chi connectivity index (χ2n) is 7.51. The Hall–Kier alpha value is -2.96. The van der Waals surface area contributed by atoms with E-state index in [2.05, 4.69) is 9.88 Å². The lowest BCUT2D eigenvalue weighted by Gasteiger charge is -2.38. The maximum Gasteiger partial charge on any atom is 0.333 e. The van der Waals surface area contributed by atoms with E-state index in [0.717, 1.165) is 35.9 Å². The van der Waals surface area contributed by atoms with Gasteiger partial charge in [-0.2, -0.15) is 0 Å². The lowest BCUT2D eigenvalue weighted by Crippen LogP contribution is -2.41. The number of carbonyl (C=O) groups excluding carboxylic acids is 1. The quantitative estimate of drug-likeness (QED) is 0.713. The molecular formula is C22H23F2N3O2. The molecule has 5 nitrogen and oxygen atoms in total. The largest absolute Gasteiger partial charge is 0.366 e. The summed E-state index contributed by atoms with van der Waals surface area (Å²) in [4.78, 5) is 29.5. The molecule has 3 aromatic rings. The van der Waals surface area contributed by atoms with Gasteiger partial charge in [0.15, 0.2) is 0 Å². The van der Waals surface area contributed by atoms with Crippen molar-refractivity contribution in [1.29, 1.82) is 0 Å². The monoisotopic (exact) mass is 399 g/mol. The topological polar surface area (TPSA) is 58.1 Å². The molecule has 1 unspecified atom stereocenters. The first-order chi connectivity index (χ1) is 14.0. The number of H-pyrrole nitrogens is 1. The second kappa shape index (κ2) is 7.81. The highest BCUT2D eigenvalue weighted by Crippen LogP contribution is 2.32. The first-order valence-corrected chi connectivity index (χ1v) is 9.96. The van der Waals surface area contributed by atoms with Crippen LogP contribution >= 0.6 is 0 Å². The van der Waals surface area contributed by atoms with Crippen LogP contribution in [0, 0.1) is 11.6 Å². The van der Waals surface area contributed by atoms with Crippen LogP contribution in [0.25, 0.3) is 11.0 Å². The zero-order valence-corrected chi connectivity index (χ0v) is 16.3. The number of nitrogens with one attached hydrogen (secondary N) is 1. The van der Waals surface area contributed by atoms with Crippen molar-refractivity contribution < 1.29 is 13.6 Å². The average Bonchev–Trinajstić information content (AvgIpc) is 3.04. The van der Waals surface area contributed by atoms with E-state index < -0.39 is 11.5 Å². The summed E-state index contributed by atoms with van der Waals surface area (Å²) in [5.41, 5.74) is 1.78. The lowest BCUT2D eigenvalue weighted by molar-refractivity contribution is 0.0910. The summed E-state index contributed by atoms with van der Waals surface area (Å²) < 4.78 is 28.8. The fourth-order valence-corrected chi connectivity index (χ4v) is 4.21. The number of aromatic nitrogens is 2. The van der Waals surface area contributed by atoms with E-state index in [1.807, 2.05) is 0 Å². The zero-order valence-electron chi connectivity index (χ0n) is 16.3. The Kier molecular flexibility index (Phi) is 5.22. The van der Waals surface area contributed by atoms with Crippen LogP contribution in [0.1, 0.15) is 43.0 Å². The number of piperidine rings is 1. The smallest absolute Gasteiger partial charge is 0.333 e. The molecule has 0 spiro atoms. The first-order valence-electron chi connectivity index (χ1n) is 9.96. The fourth-order valence-electron chi connectivity index (χ4n) is 4.21. The van der Waals surface area contributed by atoms with E-state index >= 15 is 0 Å².